The van der Waals surface area contributed by atoms with Gasteiger partial charge in [-0.3, -0.25) is 0 Å². The fourth-order valence-electron chi connectivity index (χ4n) is 3.12. The van der Waals surface area contributed by atoms with Gasteiger partial charge in [0, 0.05) is 5.69 Å². The summed E-state index contributed by atoms with van der Waals surface area (Å²) in [5.74, 6) is -0.234. The van der Waals surface area contributed by atoms with Crippen molar-refractivity contribution in [3.63, 3.8) is 0 Å². The van der Waals surface area contributed by atoms with Crippen molar-refractivity contribution in [3.8, 4) is 0 Å². The molecule has 0 bridgehead atoms. The van der Waals surface area contributed by atoms with Gasteiger partial charge in [0.2, 0.25) is 0 Å². The minimum Gasteiger partial charge on any atom is -0.394 e. The van der Waals surface area contributed by atoms with Gasteiger partial charge in [0.25, 0.3) is 0 Å². The van der Waals surface area contributed by atoms with Crippen LogP contribution in [0.15, 0.2) is 24.3 Å². The zero-order chi connectivity index (χ0) is 13.2. The van der Waals surface area contributed by atoms with Crippen LogP contribution in [-0.4, -0.2) is 17.3 Å². The van der Waals surface area contributed by atoms with E-state index in [0.29, 0.717) is 0 Å². The maximum atomic E-state index is 12.9. The van der Waals surface area contributed by atoms with E-state index in [2.05, 4.69) is 19.2 Å². The van der Waals surface area contributed by atoms with Crippen LogP contribution in [0.5, 0.6) is 0 Å². The maximum absolute atomic E-state index is 12.9. The number of hydrogen-bond acceptors (Lipinski definition) is 2. The third-order valence-electron chi connectivity index (χ3n) is 3.88. The van der Waals surface area contributed by atoms with Gasteiger partial charge in [-0.25, -0.2) is 4.39 Å². The largest absolute Gasteiger partial charge is 0.394 e. The van der Waals surface area contributed by atoms with Gasteiger partial charge < -0.3 is 10.4 Å². The number of nitrogens with one attached hydrogen (secondary N) is 1. The zero-order valence-electron chi connectivity index (χ0n) is 11.2. The van der Waals surface area contributed by atoms with Crippen LogP contribution in [0.2, 0.25) is 0 Å². The van der Waals surface area contributed by atoms with Gasteiger partial charge in [0.15, 0.2) is 0 Å². The second-order valence-corrected chi connectivity index (χ2v) is 6.26. The van der Waals surface area contributed by atoms with Crippen molar-refractivity contribution in [2.45, 2.75) is 45.1 Å². The van der Waals surface area contributed by atoms with E-state index < -0.39 is 0 Å². The molecule has 0 radical (unpaired) electrons. The van der Waals surface area contributed by atoms with Crippen molar-refractivity contribution in [1.29, 1.82) is 0 Å². The van der Waals surface area contributed by atoms with Crippen LogP contribution in [0.1, 0.15) is 39.5 Å². The lowest BCUT2D eigenvalue weighted by Crippen LogP contribution is -2.48. The predicted octanol–water partition coefficient (Wildman–Crippen LogP) is 3.57. The van der Waals surface area contributed by atoms with Crippen LogP contribution in [0, 0.1) is 11.2 Å². The molecule has 1 atom stereocenters. The third-order valence-corrected chi connectivity index (χ3v) is 3.88. The summed E-state index contributed by atoms with van der Waals surface area (Å²) in [6, 6.07) is 6.35. The lowest BCUT2D eigenvalue weighted by atomic mass is 9.68. The van der Waals surface area contributed by atoms with Crippen molar-refractivity contribution in [2.24, 2.45) is 5.41 Å². The van der Waals surface area contributed by atoms with Crippen molar-refractivity contribution in [2.75, 3.05) is 11.9 Å². The molecule has 1 saturated carbocycles. The first-order valence-electron chi connectivity index (χ1n) is 6.59. The molecule has 1 aromatic carbocycles. The number of aliphatic hydroxyl groups is 1. The molecule has 0 heterocycles. The molecular weight excluding hydrogens is 229 g/mol. The van der Waals surface area contributed by atoms with E-state index in [0.717, 1.165) is 24.9 Å². The molecule has 100 valence electrons. The second kappa shape index (κ2) is 4.88. The first-order valence-corrected chi connectivity index (χ1v) is 6.59. The molecule has 1 aromatic rings. The topological polar surface area (TPSA) is 32.3 Å². The Morgan fingerprint density at radius 1 is 1.22 bits per heavy atom. The number of hydrogen-bond donors (Lipinski definition) is 2. The molecule has 18 heavy (non-hydrogen) atoms. The summed E-state index contributed by atoms with van der Waals surface area (Å²) in [6.45, 7) is 4.60. The minimum absolute atomic E-state index is 0.119. The Labute approximate surface area is 108 Å². The molecule has 1 unspecified atom stereocenters. The standard InChI is InChI=1S/C15H22FNO/c1-14(2)8-3-9-15(10-14,11-18)17-13-6-4-12(16)5-7-13/h4-7,17-18H,3,8-11H2,1-2H3. The third kappa shape index (κ3) is 3.02. The SMILES string of the molecule is CC1(C)CCCC(CO)(Nc2ccc(F)cc2)C1. The Morgan fingerprint density at radius 3 is 2.44 bits per heavy atom. The number of aliphatic hydroxyl groups excluding tert-OH is 1. The Hall–Kier alpha value is -1.09. The van der Waals surface area contributed by atoms with E-state index in [1.54, 1.807) is 12.1 Å². The van der Waals surface area contributed by atoms with E-state index in [-0.39, 0.29) is 23.4 Å². The highest BCUT2D eigenvalue weighted by molar-refractivity contribution is 5.45. The number of rotatable bonds is 3. The summed E-state index contributed by atoms with van der Waals surface area (Å²) < 4.78 is 12.9. The second-order valence-electron chi connectivity index (χ2n) is 6.26. The van der Waals surface area contributed by atoms with Crippen molar-refractivity contribution in [1.82, 2.24) is 0 Å². The van der Waals surface area contributed by atoms with E-state index in [4.69, 9.17) is 0 Å². The van der Waals surface area contributed by atoms with Gasteiger partial charge >= 0.3 is 0 Å². The van der Waals surface area contributed by atoms with Crippen LogP contribution in [0.3, 0.4) is 0 Å². The monoisotopic (exact) mass is 251 g/mol. The normalized spacial score (nSPS) is 26.9. The Bertz CT molecular complexity index is 401. The molecule has 3 heteroatoms. The van der Waals surface area contributed by atoms with Gasteiger partial charge in [-0.15, -0.1) is 0 Å². The first kappa shape index (κ1) is 13.3. The highest BCUT2D eigenvalue weighted by Crippen LogP contribution is 2.42. The molecular formula is C15H22FNO. The molecule has 2 N–H and O–H groups in total. The van der Waals surface area contributed by atoms with E-state index in [1.807, 2.05) is 0 Å². The molecule has 2 rings (SSSR count). The summed E-state index contributed by atoms with van der Waals surface area (Å²) in [5.41, 5.74) is 0.858. The average Bonchev–Trinajstić information content (AvgIpc) is 2.31. The summed E-state index contributed by atoms with van der Waals surface area (Å²) in [6.07, 6.45) is 4.21. The Kier molecular flexibility index (Phi) is 3.62. The molecule has 2 nitrogen and oxygen atoms in total. The van der Waals surface area contributed by atoms with Crippen molar-refractivity contribution in [3.05, 3.63) is 30.1 Å². The predicted molar refractivity (Wildman–Crippen MR) is 72.1 cm³/mol. The lowest BCUT2D eigenvalue weighted by molar-refractivity contribution is 0.105. The summed E-state index contributed by atoms with van der Waals surface area (Å²) in [7, 11) is 0. The highest BCUT2D eigenvalue weighted by Gasteiger charge is 2.39. The summed E-state index contributed by atoms with van der Waals surface area (Å²) >= 11 is 0. The van der Waals surface area contributed by atoms with Gasteiger partial charge in [-0.1, -0.05) is 20.3 Å². The fourth-order valence-corrected chi connectivity index (χ4v) is 3.12. The van der Waals surface area contributed by atoms with Gasteiger partial charge in [-0.2, -0.15) is 0 Å². The molecule has 0 spiro atoms. The average molecular weight is 251 g/mol. The Balaban J connectivity index is 2.15. The highest BCUT2D eigenvalue weighted by atomic mass is 19.1. The quantitative estimate of drug-likeness (QED) is 0.860. The molecule has 1 aliphatic rings. The maximum Gasteiger partial charge on any atom is 0.123 e. The van der Waals surface area contributed by atoms with E-state index in [9.17, 15) is 9.50 Å². The molecule has 0 aromatic heterocycles. The van der Waals surface area contributed by atoms with Crippen molar-refractivity contribution < 1.29 is 9.50 Å². The fraction of sp³-hybridized carbons (Fsp3) is 0.600. The van der Waals surface area contributed by atoms with Crippen LogP contribution in [0.25, 0.3) is 0 Å². The minimum atomic E-state index is -0.264. The lowest BCUT2D eigenvalue weighted by Gasteiger charge is -2.45. The molecule has 0 amide bonds. The van der Waals surface area contributed by atoms with Crippen LogP contribution < -0.4 is 5.32 Å². The van der Waals surface area contributed by atoms with Crippen LogP contribution in [0.4, 0.5) is 10.1 Å². The van der Waals surface area contributed by atoms with Gasteiger partial charge in [0.05, 0.1) is 12.1 Å². The number of halogens is 1. The summed E-state index contributed by atoms with van der Waals surface area (Å²) in [5, 5.41) is 13.2. The van der Waals surface area contributed by atoms with Crippen LogP contribution in [-0.2, 0) is 0 Å². The van der Waals surface area contributed by atoms with Gasteiger partial charge in [-0.05, 0) is 48.9 Å². The number of anilines is 1. The first-order chi connectivity index (χ1) is 8.45. The summed E-state index contributed by atoms with van der Waals surface area (Å²) in [4.78, 5) is 0. The molecule has 1 aliphatic carbocycles. The van der Waals surface area contributed by atoms with Crippen molar-refractivity contribution >= 4 is 5.69 Å². The van der Waals surface area contributed by atoms with Crippen LogP contribution >= 0.6 is 0 Å². The molecule has 0 aliphatic heterocycles. The zero-order valence-corrected chi connectivity index (χ0v) is 11.2. The molecule has 1 fully saturated rings. The molecule has 0 saturated heterocycles. The number of benzene rings is 1. The van der Waals surface area contributed by atoms with E-state index >= 15 is 0 Å². The van der Waals surface area contributed by atoms with E-state index in [1.165, 1.54) is 18.6 Å². The Morgan fingerprint density at radius 2 is 1.89 bits per heavy atom. The smallest absolute Gasteiger partial charge is 0.123 e. The van der Waals surface area contributed by atoms with Gasteiger partial charge in [0.1, 0.15) is 5.82 Å².